The molecule has 4 rings (SSSR count). The summed E-state index contributed by atoms with van der Waals surface area (Å²) in [4.78, 5) is 24.6. The van der Waals surface area contributed by atoms with Gasteiger partial charge in [0.2, 0.25) is 19.5 Å². The van der Waals surface area contributed by atoms with E-state index in [9.17, 15) is 9.59 Å². The van der Waals surface area contributed by atoms with Crippen LogP contribution in [0.2, 0.25) is 0 Å². The molecule has 2 aromatic rings. The average Bonchev–Trinajstić information content (AvgIpc) is 3.33. The van der Waals surface area contributed by atoms with E-state index in [1.807, 2.05) is 12.1 Å². The summed E-state index contributed by atoms with van der Waals surface area (Å²) in [5.41, 5.74) is 1.27. The highest BCUT2D eigenvalue weighted by atomic mass is 16.7. The Morgan fingerprint density at radius 3 is 2.30 bits per heavy atom. The normalized spacial score (nSPS) is 14.6. The molecule has 1 atom stereocenters. The summed E-state index contributed by atoms with van der Waals surface area (Å²) in [6.45, 7) is 2.28. The van der Waals surface area contributed by atoms with Crippen LogP contribution in [0.1, 0.15) is 22.8 Å². The lowest BCUT2D eigenvalue weighted by molar-refractivity contribution is -0.122. The molecular formula is C19H18N2O6. The lowest BCUT2D eigenvalue weighted by Crippen LogP contribution is -2.44. The Hall–Kier alpha value is -3.42. The van der Waals surface area contributed by atoms with Crippen molar-refractivity contribution in [3.63, 3.8) is 0 Å². The van der Waals surface area contributed by atoms with Crippen molar-refractivity contribution in [1.82, 2.24) is 10.6 Å². The molecule has 2 heterocycles. The van der Waals surface area contributed by atoms with Crippen LogP contribution in [0, 0.1) is 0 Å². The largest absolute Gasteiger partial charge is 0.454 e. The fourth-order valence-corrected chi connectivity index (χ4v) is 2.78. The Morgan fingerprint density at radius 1 is 0.926 bits per heavy atom. The van der Waals surface area contributed by atoms with E-state index >= 15 is 0 Å². The van der Waals surface area contributed by atoms with E-state index in [1.54, 1.807) is 31.2 Å². The number of rotatable bonds is 5. The minimum atomic E-state index is -0.697. The van der Waals surface area contributed by atoms with Gasteiger partial charge in [-0.2, -0.15) is 0 Å². The molecule has 27 heavy (non-hydrogen) atoms. The Labute approximate surface area is 155 Å². The van der Waals surface area contributed by atoms with E-state index in [0.717, 1.165) is 5.56 Å². The molecule has 0 aromatic heterocycles. The summed E-state index contributed by atoms with van der Waals surface area (Å²) in [7, 11) is 0. The SMILES string of the molecule is C[C@H](NC(=O)c1ccc2c(c1)OCO2)C(=O)NCc1ccc2c(c1)OCO2. The van der Waals surface area contributed by atoms with Crippen LogP contribution in [0.3, 0.4) is 0 Å². The van der Waals surface area contributed by atoms with E-state index in [-0.39, 0.29) is 25.4 Å². The van der Waals surface area contributed by atoms with Gasteiger partial charge in [-0.05, 0) is 42.8 Å². The number of ether oxygens (including phenoxy) is 4. The van der Waals surface area contributed by atoms with Gasteiger partial charge in [0.25, 0.3) is 5.91 Å². The Kier molecular flexibility index (Phi) is 4.45. The van der Waals surface area contributed by atoms with Crippen LogP contribution in [0.5, 0.6) is 23.0 Å². The minimum Gasteiger partial charge on any atom is -0.454 e. The third-order valence-electron chi connectivity index (χ3n) is 4.28. The highest BCUT2D eigenvalue weighted by molar-refractivity contribution is 5.98. The zero-order valence-electron chi connectivity index (χ0n) is 14.6. The number of benzene rings is 2. The second-order valence-electron chi connectivity index (χ2n) is 6.17. The molecule has 8 nitrogen and oxygen atoms in total. The first-order valence-corrected chi connectivity index (χ1v) is 8.47. The highest BCUT2D eigenvalue weighted by Gasteiger charge is 2.20. The lowest BCUT2D eigenvalue weighted by Gasteiger charge is -2.14. The maximum Gasteiger partial charge on any atom is 0.252 e. The smallest absolute Gasteiger partial charge is 0.252 e. The number of hydrogen-bond donors (Lipinski definition) is 2. The van der Waals surface area contributed by atoms with Crippen LogP contribution < -0.4 is 29.6 Å². The van der Waals surface area contributed by atoms with Gasteiger partial charge in [-0.15, -0.1) is 0 Å². The maximum absolute atomic E-state index is 12.3. The van der Waals surface area contributed by atoms with Crippen molar-refractivity contribution >= 4 is 11.8 Å². The summed E-state index contributed by atoms with van der Waals surface area (Å²) in [5.74, 6) is 1.81. The molecule has 0 radical (unpaired) electrons. The number of amides is 2. The number of hydrogen-bond acceptors (Lipinski definition) is 6. The number of carbonyl (C=O) groups excluding carboxylic acids is 2. The van der Waals surface area contributed by atoms with E-state index in [1.165, 1.54) is 0 Å². The first-order chi connectivity index (χ1) is 13.1. The highest BCUT2D eigenvalue weighted by Crippen LogP contribution is 2.33. The van der Waals surface area contributed by atoms with Crippen molar-refractivity contribution in [3.8, 4) is 23.0 Å². The van der Waals surface area contributed by atoms with Crippen molar-refractivity contribution in [3.05, 3.63) is 47.5 Å². The van der Waals surface area contributed by atoms with Crippen molar-refractivity contribution in [2.75, 3.05) is 13.6 Å². The van der Waals surface area contributed by atoms with Crippen LogP contribution >= 0.6 is 0 Å². The molecule has 2 aromatic carbocycles. The van der Waals surface area contributed by atoms with Crippen LogP contribution in [-0.2, 0) is 11.3 Å². The van der Waals surface area contributed by atoms with Gasteiger partial charge in [-0.3, -0.25) is 9.59 Å². The van der Waals surface area contributed by atoms with Gasteiger partial charge >= 0.3 is 0 Å². The maximum atomic E-state index is 12.3. The third-order valence-corrected chi connectivity index (χ3v) is 4.28. The zero-order chi connectivity index (χ0) is 18.8. The average molecular weight is 370 g/mol. The first kappa shape index (κ1) is 17.0. The molecule has 0 spiro atoms. The molecule has 2 aliphatic heterocycles. The molecule has 2 amide bonds. The fourth-order valence-electron chi connectivity index (χ4n) is 2.78. The quantitative estimate of drug-likeness (QED) is 0.830. The monoisotopic (exact) mass is 370 g/mol. The summed E-state index contributed by atoms with van der Waals surface area (Å²) >= 11 is 0. The number of fused-ring (bicyclic) bond motifs is 2. The van der Waals surface area contributed by atoms with Crippen molar-refractivity contribution in [1.29, 1.82) is 0 Å². The van der Waals surface area contributed by atoms with Gasteiger partial charge < -0.3 is 29.6 Å². The Morgan fingerprint density at radius 2 is 1.56 bits per heavy atom. The molecule has 0 bridgehead atoms. The van der Waals surface area contributed by atoms with Gasteiger partial charge in [0.15, 0.2) is 23.0 Å². The summed E-state index contributed by atoms with van der Waals surface area (Å²) in [6, 6.07) is 9.66. The molecule has 0 aliphatic carbocycles. The molecule has 0 saturated carbocycles. The fraction of sp³-hybridized carbons (Fsp3) is 0.263. The summed E-state index contributed by atoms with van der Waals surface area (Å²) in [6.07, 6.45) is 0. The predicted octanol–water partition coefficient (Wildman–Crippen LogP) is 1.58. The molecule has 2 aliphatic rings. The van der Waals surface area contributed by atoms with Gasteiger partial charge in [0.05, 0.1) is 0 Å². The predicted molar refractivity (Wildman–Crippen MR) is 93.9 cm³/mol. The van der Waals surface area contributed by atoms with Gasteiger partial charge in [0, 0.05) is 12.1 Å². The van der Waals surface area contributed by atoms with E-state index in [0.29, 0.717) is 35.1 Å². The van der Waals surface area contributed by atoms with Crippen molar-refractivity contribution < 1.29 is 28.5 Å². The molecule has 8 heteroatoms. The standard InChI is InChI=1S/C19H18N2O6/c1-11(21-19(23)13-3-5-15-17(7-13)27-10-25-15)18(22)20-8-12-2-4-14-16(6-12)26-9-24-14/h2-7,11H,8-10H2,1H3,(H,20,22)(H,21,23)/t11-/m0/s1. The molecule has 0 fully saturated rings. The zero-order valence-corrected chi connectivity index (χ0v) is 14.6. The second kappa shape index (κ2) is 7.06. The first-order valence-electron chi connectivity index (χ1n) is 8.47. The van der Waals surface area contributed by atoms with Gasteiger partial charge in [-0.25, -0.2) is 0 Å². The van der Waals surface area contributed by atoms with E-state index in [2.05, 4.69) is 10.6 Å². The van der Waals surface area contributed by atoms with Gasteiger partial charge in [0.1, 0.15) is 6.04 Å². The van der Waals surface area contributed by atoms with Crippen LogP contribution in [0.25, 0.3) is 0 Å². The van der Waals surface area contributed by atoms with Crippen LogP contribution in [0.4, 0.5) is 0 Å². The number of carbonyl (C=O) groups is 2. The summed E-state index contributed by atoms with van der Waals surface area (Å²) in [5, 5.41) is 5.47. The number of nitrogens with one attached hydrogen (secondary N) is 2. The summed E-state index contributed by atoms with van der Waals surface area (Å²) < 4.78 is 21.1. The molecular weight excluding hydrogens is 352 g/mol. The van der Waals surface area contributed by atoms with Crippen molar-refractivity contribution in [2.45, 2.75) is 19.5 Å². The topological polar surface area (TPSA) is 95.1 Å². The molecule has 0 unspecified atom stereocenters. The lowest BCUT2D eigenvalue weighted by atomic mass is 10.1. The van der Waals surface area contributed by atoms with E-state index in [4.69, 9.17) is 18.9 Å². The molecule has 2 N–H and O–H groups in total. The second-order valence-corrected chi connectivity index (χ2v) is 6.17. The third kappa shape index (κ3) is 3.59. The molecule has 0 saturated heterocycles. The van der Waals surface area contributed by atoms with Crippen LogP contribution in [0.15, 0.2) is 36.4 Å². The van der Waals surface area contributed by atoms with Crippen LogP contribution in [-0.4, -0.2) is 31.4 Å². The minimum absolute atomic E-state index is 0.138. The Balaban J connectivity index is 1.31. The van der Waals surface area contributed by atoms with Gasteiger partial charge in [-0.1, -0.05) is 6.07 Å². The van der Waals surface area contributed by atoms with Crippen molar-refractivity contribution in [2.24, 2.45) is 0 Å². The molecule has 140 valence electrons. The van der Waals surface area contributed by atoms with E-state index < -0.39 is 6.04 Å². The Bertz CT molecular complexity index is 898.